The van der Waals surface area contributed by atoms with Gasteiger partial charge in [0.2, 0.25) is 0 Å². The normalized spacial score (nSPS) is 12.0. The zero-order valence-corrected chi connectivity index (χ0v) is 13.3. The maximum Gasteiger partial charge on any atom is 0.330 e. The second-order valence-electron chi connectivity index (χ2n) is 5.23. The van der Waals surface area contributed by atoms with Gasteiger partial charge in [0.15, 0.2) is 6.04 Å². The highest BCUT2D eigenvalue weighted by Crippen LogP contribution is 2.19. The van der Waals surface area contributed by atoms with Gasteiger partial charge in [-0.25, -0.2) is 9.48 Å². The first-order chi connectivity index (χ1) is 10.4. The Balaban J connectivity index is 2.44. The number of benzene rings is 1. The largest absolute Gasteiger partial charge is 0.464 e. The summed E-state index contributed by atoms with van der Waals surface area (Å²) in [5, 5.41) is 4.32. The van der Waals surface area contributed by atoms with Crippen molar-refractivity contribution in [1.82, 2.24) is 9.78 Å². The lowest BCUT2D eigenvalue weighted by Gasteiger charge is -2.14. The molecule has 1 aromatic carbocycles. The molecule has 116 valence electrons. The van der Waals surface area contributed by atoms with Gasteiger partial charge in [0.25, 0.3) is 5.56 Å². The predicted molar refractivity (Wildman–Crippen MR) is 84.8 cm³/mol. The molecule has 0 aliphatic rings. The number of hydrogen-bond donors (Lipinski definition) is 0. The Hall–Kier alpha value is -2.43. The van der Waals surface area contributed by atoms with Crippen LogP contribution in [0.2, 0.25) is 0 Å². The number of carbonyl (C=O) groups is 1. The topological polar surface area (TPSA) is 61.2 Å². The maximum absolute atomic E-state index is 12.0. The Morgan fingerprint density at radius 1 is 1.23 bits per heavy atom. The van der Waals surface area contributed by atoms with Crippen LogP contribution in [0.4, 0.5) is 0 Å². The molecule has 2 rings (SSSR count). The van der Waals surface area contributed by atoms with Gasteiger partial charge < -0.3 is 4.74 Å². The third-order valence-electron chi connectivity index (χ3n) is 3.62. The van der Waals surface area contributed by atoms with E-state index >= 15 is 0 Å². The fourth-order valence-corrected chi connectivity index (χ4v) is 2.12. The average Bonchev–Trinajstić information content (AvgIpc) is 2.50. The third-order valence-corrected chi connectivity index (χ3v) is 3.62. The quantitative estimate of drug-likeness (QED) is 0.814. The summed E-state index contributed by atoms with van der Waals surface area (Å²) in [5.74, 6) is -0.464. The lowest BCUT2D eigenvalue weighted by atomic mass is 10.0. The van der Waals surface area contributed by atoms with Crippen LogP contribution in [-0.4, -0.2) is 22.4 Å². The number of aromatic nitrogens is 2. The molecule has 0 bridgehead atoms. The van der Waals surface area contributed by atoms with E-state index in [1.54, 1.807) is 19.9 Å². The fraction of sp³-hybridized carbons (Fsp3) is 0.353. The summed E-state index contributed by atoms with van der Waals surface area (Å²) in [6.07, 6.45) is 0. The Bertz CT molecular complexity index is 750. The van der Waals surface area contributed by atoms with Crippen LogP contribution in [0.1, 0.15) is 31.0 Å². The molecule has 1 heterocycles. The minimum Gasteiger partial charge on any atom is -0.464 e. The van der Waals surface area contributed by atoms with E-state index in [1.807, 2.05) is 32.0 Å². The molecule has 5 nitrogen and oxygen atoms in total. The zero-order valence-electron chi connectivity index (χ0n) is 13.3. The van der Waals surface area contributed by atoms with Crippen molar-refractivity contribution < 1.29 is 9.53 Å². The number of esters is 1. The first kappa shape index (κ1) is 15.9. The standard InChI is InChI=1S/C17H20N2O3/c1-5-22-17(21)13(4)19-16(20)9-8-15(18-19)14-7-6-11(2)12(3)10-14/h6-10,13H,5H2,1-4H3/t13-/m1/s1. The van der Waals surface area contributed by atoms with Crippen molar-refractivity contribution in [2.24, 2.45) is 0 Å². The Morgan fingerprint density at radius 2 is 1.95 bits per heavy atom. The molecule has 0 saturated carbocycles. The van der Waals surface area contributed by atoms with Crippen molar-refractivity contribution in [3.63, 3.8) is 0 Å². The summed E-state index contributed by atoms with van der Waals surface area (Å²) in [7, 11) is 0. The van der Waals surface area contributed by atoms with Crippen LogP contribution in [0, 0.1) is 13.8 Å². The minimum absolute atomic E-state index is 0.273. The molecule has 0 N–H and O–H groups in total. The van der Waals surface area contributed by atoms with Crippen LogP contribution >= 0.6 is 0 Å². The molecule has 2 aromatic rings. The monoisotopic (exact) mass is 300 g/mol. The predicted octanol–water partition coefficient (Wildman–Crippen LogP) is 2.65. The Kier molecular flexibility index (Phi) is 4.75. The molecule has 22 heavy (non-hydrogen) atoms. The molecule has 0 saturated heterocycles. The third kappa shape index (κ3) is 3.24. The molecule has 0 spiro atoms. The van der Waals surface area contributed by atoms with Crippen LogP contribution in [0.15, 0.2) is 35.1 Å². The van der Waals surface area contributed by atoms with Gasteiger partial charge in [0, 0.05) is 11.6 Å². The summed E-state index contributed by atoms with van der Waals surface area (Å²) in [6, 6.07) is 8.32. The van der Waals surface area contributed by atoms with Crippen molar-refractivity contribution in [2.75, 3.05) is 6.61 Å². The Labute approximate surface area is 129 Å². The SMILES string of the molecule is CCOC(=O)[C@@H](C)n1nc(-c2ccc(C)c(C)c2)ccc1=O. The van der Waals surface area contributed by atoms with E-state index in [1.165, 1.54) is 16.3 Å². The molecule has 0 fully saturated rings. The first-order valence-corrected chi connectivity index (χ1v) is 7.28. The van der Waals surface area contributed by atoms with Crippen molar-refractivity contribution in [1.29, 1.82) is 0 Å². The number of carbonyl (C=O) groups excluding carboxylic acids is 1. The molecule has 0 unspecified atom stereocenters. The molecule has 0 aliphatic heterocycles. The molecule has 0 radical (unpaired) electrons. The number of ether oxygens (including phenoxy) is 1. The van der Waals surface area contributed by atoms with Gasteiger partial charge >= 0.3 is 5.97 Å². The van der Waals surface area contributed by atoms with Gasteiger partial charge in [-0.15, -0.1) is 0 Å². The highest BCUT2D eigenvalue weighted by Gasteiger charge is 2.19. The van der Waals surface area contributed by atoms with Crippen molar-refractivity contribution in [3.05, 3.63) is 51.8 Å². The van der Waals surface area contributed by atoms with Crippen LogP contribution in [0.25, 0.3) is 11.3 Å². The van der Waals surface area contributed by atoms with E-state index in [2.05, 4.69) is 5.10 Å². The maximum atomic E-state index is 12.0. The van der Waals surface area contributed by atoms with Crippen LogP contribution in [0.5, 0.6) is 0 Å². The number of hydrogen-bond acceptors (Lipinski definition) is 4. The number of aryl methyl sites for hydroxylation is 2. The van der Waals surface area contributed by atoms with Gasteiger partial charge in [-0.3, -0.25) is 4.79 Å². The van der Waals surface area contributed by atoms with Crippen molar-refractivity contribution in [3.8, 4) is 11.3 Å². The van der Waals surface area contributed by atoms with Gasteiger partial charge in [0.1, 0.15) is 0 Å². The lowest BCUT2D eigenvalue weighted by Crippen LogP contribution is -2.31. The molecular formula is C17H20N2O3. The summed E-state index contributed by atoms with van der Waals surface area (Å²) >= 11 is 0. The molecule has 0 aliphatic carbocycles. The van der Waals surface area contributed by atoms with Gasteiger partial charge in [-0.1, -0.05) is 12.1 Å². The van der Waals surface area contributed by atoms with Gasteiger partial charge in [-0.2, -0.15) is 5.10 Å². The van der Waals surface area contributed by atoms with E-state index in [-0.39, 0.29) is 12.2 Å². The lowest BCUT2D eigenvalue weighted by molar-refractivity contribution is -0.147. The first-order valence-electron chi connectivity index (χ1n) is 7.28. The van der Waals surface area contributed by atoms with E-state index in [4.69, 9.17) is 4.74 Å². The molecule has 0 amide bonds. The van der Waals surface area contributed by atoms with E-state index < -0.39 is 12.0 Å². The summed E-state index contributed by atoms with van der Waals surface area (Å²) in [5.41, 5.74) is 3.58. The van der Waals surface area contributed by atoms with Gasteiger partial charge in [0.05, 0.1) is 12.3 Å². The second-order valence-corrected chi connectivity index (χ2v) is 5.23. The minimum atomic E-state index is -0.751. The summed E-state index contributed by atoms with van der Waals surface area (Å²) in [4.78, 5) is 23.8. The van der Waals surface area contributed by atoms with Crippen LogP contribution < -0.4 is 5.56 Å². The van der Waals surface area contributed by atoms with Crippen molar-refractivity contribution in [2.45, 2.75) is 33.7 Å². The van der Waals surface area contributed by atoms with E-state index in [9.17, 15) is 9.59 Å². The second kappa shape index (κ2) is 6.56. The Morgan fingerprint density at radius 3 is 2.59 bits per heavy atom. The summed E-state index contributed by atoms with van der Waals surface area (Å²) < 4.78 is 6.12. The van der Waals surface area contributed by atoms with E-state index in [0.717, 1.165) is 11.1 Å². The van der Waals surface area contributed by atoms with Crippen molar-refractivity contribution >= 4 is 5.97 Å². The van der Waals surface area contributed by atoms with Crippen LogP contribution in [0.3, 0.4) is 0 Å². The highest BCUT2D eigenvalue weighted by atomic mass is 16.5. The summed E-state index contributed by atoms with van der Waals surface area (Å²) in [6.45, 7) is 7.67. The number of nitrogens with zero attached hydrogens (tertiary/aromatic N) is 2. The zero-order chi connectivity index (χ0) is 16.3. The molecular weight excluding hydrogens is 280 g/mol. The fourth-order valence-electron chi connectivity index (χ4n) is 2.12. The van der Waals surface area contributed by atoms with Gasteiger partial charge in [-0.05, 0) is 51.0 Å². The average molecular weight is 300 g/mol. The molecule has 1 aromatic heterocycles. The molecule has 1 atom stereocenters. The number of rotatable bonds is 4. The van der Waals surface area contributed by atoms with Crippen LogP contribution in [-0.2, 0) is 9.53 Å². The van der Waals surface area contributed by atoms with E-state index in [0.29, 0.717) is 5.69 Å². The highest BCUT2D eigenvalue weighted by molar-refractivity contribution is 5.73. The molecule has 5 heteroatoms. The smallest absolute Gasteiger partial charge is 0.330 e.